The Balaban J connectivity index is 2.48. The number of benzene rings is 1. The number of hydrogen-bond donors (Lipinski definition) is 1. The van der Waals surface area contributed by atoms with Gasteiger partial charge in [-0.25, -0.2) is 4.79 Å². The molecule has 1 N–H and O–H groups in total. The highest BCUT2D eigenvalue weighted by molar-refractivity contribution is 7.09. The van der Waals surface area contributed by atoms with Gasteiger partial charge in [0.2, 0.25) is 0 Å². The molecule has 0 saturated carbocycles. The summed E-state index contributed by atoms with van der Waals surface area (Å²) in [6, 6.07) is 3.82. The molecular weight excluding hydrogens is 284 g/mol. The predicted molar refractivity (Wildman–Crippen MR) is 71.4 cm³/mol. The lowest BCUT2D eigenvalue weighted by atomic mass is 9.98. The molecule has 1 atom stereocenters. The SMILES string of the molecule is CC(c1cncs1)c1cc([N+](=O)[O-])ccc1OC(=O)O. The number of aromatic nitrogens is 1. The van der Waals surface area contributed by atoms with Crippen LogP contribution in [-0.4, -0.2) is 21.2 Å². The van der Waals surface area contributed by atoms with Crippen molar-refractivity contribution in [2.45, 2.75) is 12.8 Å². The van der Waals surface area contributed by atoms with Crippen LogP contribution in [0.3, 0.4) is 0 Å². The standard InChI is InChI=1S/C12H10N2O5S/c1-7(11-5-13-6-20-11)9-4-8(14(17)18)2-3-10(9)19-12(15)16/h2-7H,1H3,(H,15,16). The zero-order valence-electron chi connectivity index (χ0n) is 10.3. The molecular formula is C12H10N2O5S. The van der Waals surface area contributed by atoms with Crippen LogP contribution in [0.4, 0.5) is 10.5 Å². The molecule has 0 radical (unpaired) electrons. The van der Waals surface area contributed by atoms with Crippen molar-refractivity contribution in [2.24, 2.45) is 0 Å². The van der Waals surface area contributed by atoms with Crippen molar-refractivity contribution >= 4 is 23.2 Å². The van der Waals surface area contributed by atoms with Crippen LogP contribution in [0, 0.1) is 10.1 Å². The summed E-state index contributed by atoms with van der Waals surface area (Å²) >= 11 is 1.38. The second kappa shape index (κ2) is 5.66. The molecule has 2 rings (SSSR count). The van der Waals surface area contributed by atoms with Gasteiger partial charge in [0, 0.05) is 34.7 Å². The van der Waals surface area contributed by atoms with Gasteiger partial charge in [-0.1, -0.05) is 6.92 Å². The molecule has 2 aromatic rings. The van der Waals surface area contributed by atoms with Crippen LogP contribution in [0.1, 0.15) is 23.3 Å². The van der Waals surface area contributed by atoms with Crippen LogP contribution in [0.5, 0.6) is 5.75 Å². The number of nitro benzene ring substituents is 1. The Labute approximate surface area is 117 Å². The molecule has 0 bridgehead atoms. The van der Waals surface area contributed by atoms with Crippen LogP contribution in [0.15, 0.2) is 29.9 Å². The van der Waals surface area contributed by atoms with E-state index in [9.17, 15) is 14.9 Å². The maximum atomic E-state index is 10.8. The molecule has 1 aromatic heterocycles. The number of rotatable bonds is 4. The van der Waals surface area contributed by atoms with E-state index in [-0.39, 0.29) is 17.4 Å². The maximum absolute atomic E-state index is 10.8. The number of non-ortho nitro benzene ring substituents is 1. The van der Waals surface area contributed by atoms with Crippen molar-refractivity contribution in [1.29, 1.82) is 0 Å². The molecule has 1 aromatic carbocycles. The van der Waals surface area contributed by atoms with E-state index in [0.29, 0.717) is 5.56 Å². The lowest BCUT2D eigenvalue weighted by Crippen LogP contribution is -2.07. The maximum Gasteiger partial charge on any atom is 0.511 e. The quantitative estimate of drug-likeness (QED) is 0.402. The molecule has 0 fully saturated rings. The van der Waals surface area contributed by atoms with Crippen molar-refractivity contribution in [3.63, 3.8) is 0 Å². The number of nitro groups is 1. The van der Waals surface area contributed by atoms with Crippen LogP contribution >= 0.6 is 11.3 Å². The molecule has 1 unspecified atom stereocenters. The summed E-state index contributed by atoms with van der Waals surface area (Å²) in [6.07, 6.45) is 0.176. The predicted octanol–water partition coefficient (Wildman–Crippen LogP) is 3.26. The van der Waals surface area contributed by atoms with Crippen molar-refractivity contribution in [3.8, 4) is 5.75 Å². The van der Waals surface area contributed by atoms with Gasteiger partial charge in [-0.3, -0.25) is 15.1 Å². The van der Waals surface area contributed by atoms with Crippen LogP contribution < -0.4 is 4.74 Å². The van der Waals surface area contributed by atoms with Gasteiger partial charge in [0.15, 0.2) is 0 Å². The summed E-state index contributed by atoms with van der Waals surface area (Å²) < 4.78 is 4.68. The smallest absolute Gasteiger partial charge is 0.449 e. The molecule has 1 heterocycles. The van der Waals surface area contributed by atoms with Gasteiger partial charge in [0.25, 0.3) is 5.69 Å². The van der Waals surface area contributed by atoms with Crippen molar-refractivity contribution < 1.29 is 19.6 Å². The number of ether oxygens (including phenoxy) is 1. The number of carbonyl (C=O) groups is 1. The fraction of sp³-hybridized carbons (Fsp3) is 0.167. The molecule has 0 amide bonds. The topological polar surface area (TPSA) is 103 Å². The zero-order valence-corrected chi connectivity index (χ0v) is 11.2. The van der Waals surface area contributed by atoms with E-state index < -0.39 is 11.1 Å². The average Bonchev–Trinajstić information content (AvgIpc) is 2.91. The van der Waals surface area contributed by atoms with E-state index in [1.54, 1.807) is 18.6 Å². The largest absolute Gasteiger partial charge is 0.511 e. The molecule has 104 valence electrons. The Morgan fingerprint density at radius 3 is 2.85 bits per heavy atom. The highest BCUT2D eigenvalue weighted by Crippen LogP contribution is 2.35. The Morgan fingerprint density at radius 1 is 1.55 bits per heavy atom. The summed E-state index contributed by atoms with van der Waals surface area (Å²) in [5, 5.41) is 19.6. The molecule has 0 aliphatic carbocycles. The number of nitrogens with zero attached hydrogens (tertiary/aromatic N) is 2. The summed E-state index contributed by atoms with van der Waals surface area (Å²) in [4.78, 5) is 25.8. The van der Waals surface area contributed by atoms with Crippen molar-refractivity contribution in [3.05, 3.63) is 50.5 Å². The molecule has 0 aliphatic heterocycles. The Bertz CT molecular complexity index is 641. The highest BCUT2D eigenvalue weighted by atomic mass is 32.1. The fourth-order valence-corrected chi connectivity index (χ4v) is 2.46. The fourth-order valence-electron chi connectivity index (χ4n) is 1.77. The van der Waals surface area contributed by atoms with Gasteiger partial charge < -0.3 is 9.84 Å². The lowest BCUT2D eigenvalue weighted by molar-refractivity contribution is -0.384. The van der Waals surface area contributed by atoms with E-state index in [2.05, 4.69) is 9.72 Å². The van der Waals surface area contributed by atoms with Gasteiger partial charge in [-0.2, -0.15) is 0 Å². The molecule has 0 saturated heterocycles. The summed E-state index contributed by atoms with van der Waals surface area (Å²) in [5.41, 5.74) is 1.96. The zero-order chi connectivity index (χ0) is 14.7. The van der Waals surface area contributed by atoms with E-state index in [4.69, 9.17) is 5.11 Å². The molecule has 0 aliphatic rings. The Hall–Kier alpha value is -2.48. The van der Waals surface area contributed by atoms with Gasteiger partial charge in [-0.15, -0.1) is 11.3 Å². The second-order valence-corrected chi connectivity index (χ2v) is 4.89. The molecule has 7 nitrogen and oxygen atoms in total. The number of hydrogen-bond acceptors (Lipinski definition) is 6. The van der Waals surface area contributed by atoms with E-state index >= 15 is 0 Å². The van der Waals surface area contributed by atoms with Crippen LogP contribution in [0.25, 0.3) is 0 Å². The first-order chi connectivity index (χ1) is 9.49. The average molecular weight is 294 g/mol. The summed E-state index contributed by atoms with van der Waals surface area (Å²) in [6.45, 7) is 1.81. The highest BCUT2D eigenvalue weighted by Gasteiger charge is 2.20. The molecule has 8 heteroatoms. The first-order valence-corrected chi connectivity index (χ1v) is 6.44. The van der Waals surface area contributed by atoms with Crippen LogP contribution in [-0.2, 0) is 0 Å². The molecule has 20 heavy (non-hydrogen) atoms. The normalized spacial score (nSPS) is 11.8. The van der Waals surface area contributed by atoms with Gasteiger partial charge in [0.1, 0.15) is 5.75 Å². The third-order valence-electron chi connectivity index (χ3n) is 2.75. The van der Waals surface area contributed by atoms with Crippen LogP contribution in [0.2, 0.25) is 0 Å². The molecule has 0 spiro atoms. The van der Waals surface area contributed by atoms with Gasteiger partial charge >= 0.3 is 6.16 Å². The first kappa shape index (κ1) is 13.9. The van der Waals surface area contributed by atoms with Crippen molar-refractivity contribution in [1.82, 2.24) is 4.98 Å². The summed E-state index contributed by atoms with van der Waals surface area (Å²) in [7, 11) is 0. The van der Waals surface area contributed by atoms with E-state index in [0.717, 1.165) is 4.88 Å². The summed E-state index contributed by atoms with van der Waals surface area (Å²) in [5.74, 6) is -0.166. The minimum atomic E-state index is -1.46. The first-order valence-electron chi connectivity index (χ1n) is 5.56. The Kier molecular flexibility index (Phi) is 3.94. The minimum Gasteiger partial charge on any atom is -0.449 e. The second-order valence-electron chi connectivity index (χ2n) is 3.97. The van der Waals surface area contributed by atoms with E-state index in [1.807, 2.05) is 0 Å². The lowest BCUT2D eigenvalue weighted by Gasteiger charge is -2.13. The third-order valence-corrected chi connectivity index (χ3v) is 3.70. The van der Waals surface area contributed by atoms with Gasteiger partial charge in [-0.05, 0) is 6.07 Å². The monoisotopic (exact) mass is 294 g/mol. The van der Waals surface area contributed by atoms with Crippen molar-refractivity contribution in [2.75, 3.05) is 0 Å². The number of carboxylic acid groups (broad SMARTS) is 1. The van der Waals surface area contributed by atoms with E-state index in [1.165, 1.54) is 29.5 Å². The number of thiazole rings is 1. The van der Waals surface area contributed by atoms with Gasteiger partial charge in [0.05, 0.1) is 10.4 Å². The minimum absolute atomic E-state index is 0.0870. The third kappa shape index (κ3) is 2.91. The Morgan fingerprint density at radius 2 is 2.30 bits per heavy atom.